The Kier molecular flexibility index (Phi) is 3.15. The number of nitrogen functional groups attached to an aromatic ring is 1. The van der Waals surface area contributed by atoms with Crippen molar-refractivity contribution in [3.05, 3.63) is 29.8 Å². The molecule has 1 aromatic carbocycles. The van der Waals surface area contributed by atoms with E-state index in [1.807, 2.05) is 31.3 Å². The van der Waals surface area contributed by atoms with Crippen LogP contribution >= 0.6 is 0 Å². The lowest BCUT2D eigenvalue weighted by atomic mass is 9.88. The van der Waals surface area contributed by atoms with E-state index >= 15 is 0 Å². The maximum atomic E-state index is 14.5. The minimum Gasteiger partial charge on any atom is -0.399 e. The molecule has 16 heavy (non-hydrogen) atoms. The number of nitrogens with zero attached hydrogens (tertiary/aromatic N) is 1. The second-order valence-electron chi connectivity index (χ2n) is 4.91. The highest BCUT2D eigenvalue weighted by molar-refractivity contribution is 5.39. The van der Waals surface area contributed by atoms with E-state index in [4.69, 9.17) is 5.73 Å². The summed E-state index contributed by atoms with van der Waals surface area (Å²) < 4.78 is 14.5. The van der Waals surface area contributed by atoms with Gasteiger partial charge in [-0.25, -0.2) is 4.39 Å². The number of hydrogen-bond donors (Lipinski definition) is 1. The summed E-state index contributed by atoms with van der Waals surface area (Å²) in [5.41, 5.74) is 6.31. The van der Waals surface area contributed by atoms with Gasteiger partial charge in [0.15, 0.2) is 0 Å². The van der Waals surface area contributed by atoms with Gasteiger partial charge in [-0.15, -0.1) is 0 Å². The minimum absolute atomic E-state index is 0.498. The molecule has 0 aromatic heterocycles. The number of benzene rings is 1. The Bertz CT molecular complexity index is 349. The third-order valence-corrected chi connectivity index (χ3v) is 3.22. The molecule has 3 heteroatoms. The van der Waals surface area contributed by atoms with Crippen LogP contribution in [0.5, 0.6) is 0 Å². The van der Waals surface area contributed by atoms with Gasteiger partial charge < -0.3 is 10.6 Å². The summed E-state index contributed by atoms with van der Waals surface area (Å²) in [5, 5.41) is 0. The molecule has 0 spiro atoms. The number of anilines is 1. The van der Waals surface area contributed by atoms with Gasteiger partial charge in [-0.2, -0.15) is 0 Å². The number of likely N-dealkylation sites (tertiary alicyclic amines) is 1. The van der Waals surface area contributed by atoms with Crippen LogP contribution in [0.15, 0.2) is 24.3 Å². The van der Waals surface area contributed by atoms with Gasteiger partial charge in [0.1, 0.15) is 5.67 Å². The molecule has 1 aromatic rings. The second-order valence-corrected chi connectivity index (χ2v) is 4.91. The monoisotopic (exact) mass is 222 g/mol. The van der Waals surface area contributed by atoms with Crippen molar-refractivity contribution in [2.24, 2.45) is 0 Å². The number of halogens is 1. The highest BCUT2D eigenvalue weighted by atomic mass is 19.1. The summed E-state index contributed by atoms with van der Waals surface area (Å²) in [4.78, 5) is 2.07. The van der Waals surface area contributed by atoms with Crippen molar-refractivity contribution in [3.63, 3.8) is 0 Å². The molecule has 1 fully saturated rings. The Morgan fingerprint density at radius 1 is 1.38 bits per heavy atom. The fourth-order valence-electron chi connectivity index (χ4n) is 2.45. The lowest BCUT2D eigenvalue weighted by molar-refractivity contribution is 0.0591. The third kappa shape index (κ3) is 2.73. The SMILES string of the molecule is CN1CCCC(F)(Cc2ccc(N)cc2)C1. The minimum atomic E-state index is -1.07. The normalized spacial score (nSPS) is 26.9. The Hall–Kier alpha value is -1.09. The molecule has 0 bridgehead atoms. The van der Waals surface area contributed by atoms with E-state index in [0.29, 0.717) is 19.4 Å². The molecular formula is C13H19FN2. The zero-order valence-corrected chi connectivity index (χ0v) is 9.75. The van der Waals surface area contributed by atoms with E-state index < -0.39 is 5.67 Å². The van der Waals surface area contributed by atoms with E-state index in [1.165, 1.54) is 0 Å². The van der Waals surface area contributed by atoms with Crippen LogP contribution in [0.3, 0.4) is 0 Å². The van der Waals surface area contributed by atoms with Crippen molar-refractivity contribution >= 4 is 5.69 Å². The van der Waals surface area contributed by atoms with Gasteiger partial charge in [-0.3, -0.25) is 0 Å². The first-order chi connectivity index (χ1) is 7.57. The number of alkyl halides is 1. The molecule has 2 nitrogen and oxygen atoms in total. The molecule has 0 saturated carbocycles. The zero-order chi connectivity index (χ0) is 11.6. The van der Waals surface area contributed by atoms with E-state index in [-0.39, 0.29) is 0 Å². The Morgan fingerprint density at radius 2 is 2.06 bits per heavy atom. The van der Waals surface area contributed by atoms with Crippen molar-refractivity contribution in [2.45, 2.75) is 24.9 Å². The maximum Gasteiger partial charge on any atom is 0.127 e. The second kappa shape index (κ2) is 4.42. The van der Waals surface area contributed by atoms with E-state index in [1.54, 1.807) is 0 Å². The molecule has 1 saturated heterocycles. The van der Waals surface area contributed by atoms with Crippen LogP contribution in [0.4, 0.5) is 10.1 Å². The average Bonchev–Trinajstić information content (AvgIpc) is 2.21. The largest absolute Gasteiger partial charge is 0.399 e. The molecule has 1 aliphatic heterocycles. The van der Waals surface area contributed by atoms with Crippen molar-refractivity contribution in [3.8, 4) is 0 Å². The molecule has 1 aliphatic rings. The van der Waals surface area contributed by atoms with Gasteiger partial charge >= 0.3 is 0 Å². The number of piperidine rings is 1. The van der Waals surface area contributed by atoms with Gasteiger partial charge in [0, 0.05) is 18.7 Å². The summed E-state index contributed by atoms with van der Waals surface area (Å²) in [6.45, 7) is 1.55. The molecule has 88 valence electrons. The highest BCUT2D eigenvalue weighted by Gasteiger charge is 2.34. The van der Waals surface area contributed by atoms with E-state index in [0.717, 1.165) is 24.2 Å². The first kappa shape index (κ1) is 11.4. The van der Waals surface area contributed by atoms with Gasteiger partial charge in [0.25, 0.3) is 0 Å². The predicted octanol–water partition coefficient (Wildman–Crippen LogP) is 2.25. The van der Waals surface area contributed by atoms with Crippen LogP contribution in [0.25, 0.3) is 0 Å². The lowest BCUT2D eigenvalue weighted by Crippen LogP contribution is -2.44. The van der Waals surface area contributed by atoms with Crippen LogP contribution < -0.4 is 5.73 Å². The summed E-state index contributed by atoms with van der Waals surface area (Å²) >= 11 is 0. The molecular weight excluding hydrogens is 203 g/mol. The molecule has 0 amide bonds. The van der Waals surface area contributed by atoms with Crippen molar-refractivity contribution in [1.29, 1.82) is 0 Å². The fourth-order valence-corrected chi connectivity index (χ4v) is 2.45. The molecule has 0 aliphatic carbocycles. The zero-order valence-electron chi connectivity index (χ0n) is 9.75. The Morgan fingerprint density at radius 3 is 2.69 bits per heavy atom. The summed E-state index contributed by atoms with van der Waals surface area (Å²) in [5.74, 6) is 0. The molecule has 2 N–H and O–H groups in total. The topological polar surface area (TPSA) is 29.3 Å². The van der Waals surface area contributed by atoms with Crippen LogP contribution in [0.2, 0.25) is 0 Å². The molecule has 0 radical (unpaired) electrons. The summed E-state index contributed by atoms with van der Waals surface area (Å²) in [6.07, 6.45) is 2.11. The quantitative estimate of drug-likeness (QED) is 0.778. The van der Waals surface area contributed by atoms with Crippen LogP contribution in [-0.2, 0) is 6.42 Å². The smallest absolute Gasteiger partial charge is 0.127 e. The number of rotatable bonds is 2. The van der Waals surface area contributed by atoms with Crippen LogP contribution in [-0.4, -0.2) is 30.7 Å². The van der Waals surface area contributed by atoms with E-state index in [9.17, 15) is 4.39 Å². The first-order valence-electron chi connectivity index (χ1n) is 5.79. The third-order valence-electron chi connectivity index (χ3n) is 3.22. The summed E-state index contributed by atoms with van der Waals surface area (Å²) in [7, 11) is 1.98. The van der Waals surface area contributed by atoms with Gasteiger partial charge in [0.05, 0.1) is 0 Å². The maximum absolute atomic E-state index is 14.5. The fraction of sp³-hybridized carbons (Fsp3) is 0.538. The van der Waals surface area contributed by atoms with Gasteiger partial charge in [-0.1, -0.05) is 12.1 Å². The lowest BCUT2D eigenvalue weighted by Gasteiger charge is -2.35. The Balaban J connectivity index is 2.05. The van der Waals surface area contributed by atoms with Crippen LogP contribution in [0.1, 0.15) is 18.4 Å². The average molecular weight is 222 g/mol. The van der Waals surface area contributed by atoms with E-state index in [2.05, 4.69) is 4.90 Å². The van der Waals surface area contributed by atoms with Crippen LogP contribution in [0, 0.1) is 0 Å². The molecule has 1 atom stereocenters. The molecule has 1 unspecified atom stereocenters. The number of hydrogen-bond acceptors (Lipinski definition) is 2. The Labute approximate surface area is 96.2 Å². The molecule has 2 rings (SSSR count). The van der Waals surface area contributed by atoms with Gasteiger partial charge in [0.2, 0.25) is 0 Å². The van der Waals surface area contributed by atoms with Crippen molar-refractivity contribution in [1.82, 2.24) is 4.90 Å². The first-order valence-corrected chi connectivity index (χ1v) is 5.79. The van der Waals surface area contributed by atoms with Crippen molar-refractivity contribution < 1.29 is 4.39 Å². The number of nitrogens with two attached hydrogens (primary N) is 1. The van der Waals surface area contributed by atoms with Gasteiger partial charge in [-0.05, 0) is 44.1 Å². The van der Waals surface area contributed by atoms with Crippen molar-refractivity contribution in [2.75, 3.05) is 25.9 Å². The predicted molar refractivity (Wildman–Crippen MR) is 65.1 cm³/mol. The summed E-state index contributed by atoms with van der Waals surface area (Å²) in [6, 6.07) is 7.52. The highest BCUT2D eigenvalue weighted by Crippen LogP contribution is 2.28. The molecule has 1 heterocycles. The standard InChI is InChI=1S/C13H19FN2/c1-16-8-2-7-13(14,10-16)9-11-3-5-12(15)6-4-11/h3-6H,2,7-10,15H2,1H3.